The number of nitrogens with one attached hydrogen (secondary N) is 2. The highest BCUT2D eigenvalue weighted by Crippen LogP contribution is 2.33. The molecule has 4 aromatic heterocycles. The number of anilines is 1. The summed E-state index contributed by atoms with van der Waals surface area (Å²) in [4.78, 5) is 16.3. The fraction of sp³-hybridized carbons (Fsp3) is 0.294. The summed E-state index contributed by atoms with van der Waals surface area (Å²) >= 11 is 0. The number of rotatable bonds is 3. The molecule has 8 heteroatoms. The first-order valence-electron chi connectivity index (χ1n) is 8.20. The van der Waals surface area contributed by atoms with Gasteiger partial charge in [-0.3, -0.25) is 0 Å². The molecule has 1 aliphatic rings. The van der Waals surface area contributed by atoms with Gasteiger partial charge in [-0.15, -0.1) is 0 Å². The van der Waals surface area contributed by atoms with E-state index in [2.05, 4.69) is 30.4 Å². The Balaban J connectivity index is 1.46. The monoisotopic (exact) mass is 335 g/mol. The van der Waals surface area contributed by atoms with Gasteiger partial charge < -0.3 is 15.4 Å². The van der Waals surface area contributed by atoms with E-state index in [1.807, 2.05) is 37.6 Å². The summed E-state index contributed by atoms with van der Waals surface area (Å²) in [6.07, 6.45) is 8.64. The zero-order valence-electron chi connectivity index (χ0n) is 13.6. The lowest BCUT2D eigenvalue weighted by Crippen LogP contribution is -2.48. The average Bonchev–Trinajstić information content (AvgIpc) is 3.18. The van der Waals surface area contributed by atoms with Crippen LogP contribution in [0.25, 0.3) is 27.8 Å². The minimum Gasteiger partial charge on any atom is -0.390 e. The molecule has 0 saturated heterocycles. The number of aromatic nitrogens is 6. The molecule has 3 N–H and O–H groups in total. The third-order valence-electron chi connectivity index (χ3n) is 4.72. The Bertz CT molecular complexity index is 1070. The number of fused-ring (bicyclic) bond motifs is 2. The van der Waals surface area contributed by atoms with E-state index in [1.165, 1.54) is 6.33 Å². The summed E-state index contributed by atoms with van der Waals surface area (Å²) in [6.45, 7) is 1.85. The van der Waals surface area contributed by atoms with E-state index in [4.69, 9.17) is 0 Å². The Morgan fingerprint density at radius 3 is 3.04 bits per heavy atom. The zero-order chi connectivity index (χ0) is 17.0. The molecule has 0 bridgehead atoms. The van der Waals surface area contributed by atoms with Gasteiger partial charge in [0.25, 0.3) is 0 Å². The minimum atomic E-state index is -0.568. The van der Waals surface area contributed by atoms with E-state index >= 15 is 0 Å². The van der Waals surface area contributed by atoms with Crippen LogP contribution in [0.3, 0.4) is 0 Å². The molecule has 0 aromatic carbocycles. The predicted octanol–water partition coefficient (Wildman–Crippen LogP) is 1.99. The van der Waals surface area contributed by atoms with Crippen molar-refractivity contribution in [3.8, 4) is 11.1 Å². The molecule has 5 rings (SSSR count). The lowest BCUT2D eigenvalue weighted by atomic mass is 9.77. The number of H-pyrrole nitrogens is 1. The van der Waals surface area contributed by atoms with E-state index in [0.717, 1.165) is 27.8 Å². The lowest BCUT2D eigenvalue weighted by molar-refractivity contribution is -0.0235. The summed E-state index contributed by atoms with van der Waals surface area (Å²) in [7, 11) is 0. The first-order chi connectivity index (χ1) is 12.1. The second-order valence-corrected chi connectivity index (χ2v) is 6.89. The smallest absolute Gasteiger partial charge is 0.224 e. The Hall–Kier alpha value is -3.00. The molecule has 1 aliphatic carbocycles. The zero-order valence-corrected chi connectivity index (χ0v) is 13.6. The maximum Gasteiger partial charge on any atom is 0.224 e. The molecule has 4 heterocycles. The van der Waals surface area contributed by atoms with Gasteiger partial charge in [-0.25, -0.2) is 14.5 Å². The van der Waals surface area contributed by atoms with Crippen LogP contribution in [0.5, 0.6) is 0 Å². The van der Waals surface area contributed by atoms with Crippen molar-refractivity contribution in [1.82, 2.24) is 29.5 Å². The van der Waals surface area contributed by atoms with Gasteiger partial charge in [0.05, 0.1) is 5.60 Å². The molecule has 1 fully saturated rings. The van der Waals surface area contributed by atoms with E-state index in [9.17, 15) is 5.11 Å². The Morgan fingerprint density at radius 1 is 1.32 bits per heavy atom. The number of pyridine rings is 1. The van der Waals surface area contributed by atoms with Gasteiger partial charge in [0.1, 0.15) is 12.0 Å². The van der Waals surface area contributed by atoms with Crippen LogP contribution in [-0.2, 0) is 0 Å². The molecule has 4 aromatic rings. The highest BCUT2D eigenvalue weighted by atomic mass is 16.3. The van der Waals surface area contributed by atoms with Crippen molar-refractivity contribution in [2.45, 2.75) is 31.4 Å². The van der Waals surface area contributed by atoms with E-state index < -0.39 is 5.60 Å². The summed E-state index contributed by atoms with van der Waals surface area (Å²) < 4.78 is 1.74. The predicted molar refractivity (Wildman–Crippen MR) is 93.1 cm³/mol. The van der Waals surface area contributed by atoms with Crippen LogP contribution in [-0.4, -0.2) is 46.3 Å². The van der Waals surface area contributed by atoms with Crippen molar-refractivity contribution >= 4 is 22.6 Å². The highest BCUT2D eigenvalue weighted by molar-refractivity contribution is 5.93. The minimum absolute atomic E-state index is 0.219. The molecule has 1 saturated carbocycles. The van der Waals surface area contributed by atoms with E-state index in [-0.39, 0.29) is 6.04 Å². The fourth-order valence-electron chi connectivity index (χ4n) is 3.48. The number of nitrogens with zero attached hydrogens (tertiary/aromatic N) is 5. The third-order valence-corrected chi connectivity index (χ3v) is 4.72. The van der Waals surface area contributed by atoms with Crippen molar-refractivity contribution in [3.63, 3.8) is 0 Å². The first-order valence-corrected chi connectivity index (χ1v) is 8.20. The van der Waals surface area contributed by atoms with Gasteiger partial charge in [0, 0.05) is 41.1 Å². The van der Waals surface area contributed by atoms with Gasteiger partial charge in [0.2, 0.25) is 5.95 Å². The quantitative estimate of drug-likeness (QED) is 0.529. The highest BCUT2D eigenvalue weighted by Gasteiger charge is 2.38. The SMILES string of the molecule is CC1(O)CC(Nc2ncc3c(-c4ccc5ncnn5c4)c[nH]c3n2)C1. The molecule has 0 aliphatic heterocycles. The van der Waals surface area contributed by atoms with Crippen molar-refractivity contribution in [3.05, 3.63) is 37.1 Å². The second kappa shape index (κ2) is 5.00. The van der Waals surface area contributed by atoms with Crippen LogP contribution in [0.2, 0.25) is 0 Å². The average molecular weight is 335 g/mol. The normalized spacial score (nSPS) is 23.0. The Labute approximate surface area is 143 Å². The van der Waals surface area contributed by atoms with Crippen molar-refractivity contribution in [1.29, 1.82) is 0 Å². The number of aliphatic hydroxyl groups is 1. The molecular formula is C17H17N7O. The van der Waals surface area contributed by atoms with Crippen LogP contribution < -0.4 is 5.32 Å². The molecule has 0 radical (unpaired) electrons. The number of hydrogen-bond donors (Lipinski definition) is 3. The summed E-state index contributed by atoms with van der Waals surface area (Å²) in [6, 6.07) is 4.16. The molecule has 0 amide bonds. The van der Waals surface area contributed by atoms with Crippen LogP contribution >= 0.6 is 0 Å². The van der Waals surface area contributed by atoms with Gasteiger partial charge in [-0.2, -0.15) is 10.1 Å². The maximum absolute atomic E-state index is 9.82. The van der Waals surface area contributed by atoms with Gasteiger partial charge >= 0.3 is 0 Å². The molecule has 126 valence electrons. The van der Waals surface area contributed by atoms with Crippen molar-refractivity contribution < 1.29 is 5.11 Å². The Kier molecular flexibility index (Phi) is 2.87. The maximum atomic E-state index is 9.82. The number of aromatic amines is 1. The second-order valence-electron chi connectivity index (χ2n) is 6.89. The molecule has 0 unspecified atom stereocenters. The molecule has 0 spiro atoms. The lowest BCUT2D eigenvalue weighted by Gasteiger charge is -2.41. The van der Waals surface area contributed by atoms with Gasteiger partial charge in [0.15, 0.2) is 5.65 Å². The number of hydrogen-bond acceptors (Lipinski definition) is 6. The van der Waals surface area contributed by atoms with Crippen LogP contribution in [0, 0.1) is 0 Å². The van der Waals surface area contributed by atoms with Gasteiger partial charge in [-0.1, -0.05) is 0 Å². The van der Waals surface area contributed by atoms with Gasteiger partial charge in [-0.05, 0) is 31.9 Å². The third kappa shape index (κ3) is 2.42. The van der Waals surface area contributed by atoms with E-state index in [1.54, 1.807) is 4.52 Å². The van der Waals surface area contributed by atoms with E-state index in [0.29, 0.717) is 18.8 Å². The first kappa shape index (κ1) is 14.4. The summed E-state index contributed by atoms with van der Waals surface area (Å²) in [5, 5.41) is 18.2. The Morgan fingerprint density at radius 2 is 2.20 bits per heavy atom. The van der Waals surface area contributed by atoms with Crippen molar-refractivity contribution in [2.75, 3.05) is 5.32 Å². The summed E-state index contributed by atoms with van der Waals surface area (Å²) in [5.74, 6) is 0.577. The van der Waals surface area contributed by atoms with Crippen LogP contribution in [0.15, 0.2) is 37.1 Å². The van der Waals surface area contributed by atoms with Crippen LogP contribution in [0.4, 0.5) is 5.95 Å². The molecule has 25 heavy (non-hydrogen) atoms. The largest absolute Gasteiger partial charge is 0.390 e. The fourth-order valence-corrected chi connectivity index (χ4v) is 3.48. The molecule has 8 nitrogen and oxygen atoms in total. The topological polar surface area (TPSA) is 104 Å². The van der Waals surface area contributed by atoms with Crippen molar-refractivity contribution in [2.24, 2.45) is 0 Å². The van der Waals surface area contributed by atoms with Crippen LogP contribution in [0.1, 0.15) is 19.8 Å². The summed E-state index contributed by atoms with van der Waals surface area (Å²) in [5.41, 5.74) is 3.05. The molecule has 0 atom stereocenters. The molecular weight excluding hydrogens is 318 g/mol. The standard InChI is InChI=1S/C17H17N7O/c1-17(25)4-11(5-17)22-16-19-7-13-12(6-18-15(13)23-16)10-2-3-14-20-9-21-24(14)8-10/h2-3,6-9,11,25H,4-5H2,1H3,(H2,18,19,22,23).